The second-order valence-electron chi connectivity index (χ2n) is 3.24. The van der Waals surface area contributed by atoms with Crippen molar-refractivity contribution in [2.75, 3.05) is 26.2 Å². The summed E-state index contributed by atoms with van der Waals surface area (Å²) in [5.74, 6) is 0. The number of carboxylic acid groups (broad SMARTS) is 1. The van der Waals surface area contributed by atoms with E-state index in [0.717, 1.165) is 26.2 Å². The highest BCUT2D eigenvalue weighted by Crippen LogP contribution is 2.33. The van der Waals surface area contributed by atoms with E-state index in [0.29, 0.717) is 5.41 Å². The second-order valence-corrected chi connectivity index (χ2v) is 3.24. The molecule has 0 saturated carbocycles. The van der Waals surface area contributed by atoms with Crippen molar-refractivity contribution >= 4 is 18.5 Å². The SMILES string of the molecule is Cl.O=C(O)N1CC2(CNC2)C1. The summed E-state index contributed by atoms with van der Waals surface area (Å²) in [6, 6.07) is 0. The standard InChI is InChI=1S/C6H10N2O2.ClH/c9-5(10)8-3-6(4-8)1-7-2-6;/h7H,1-4H2,(H,9,10);1H. The molecule has 2 saturated heterocycles. The first-order chi connectivity index (χ1) is 4.72. The molecule has 0 bridgehead atoms. The molecule has 11 heavy (non-hydrogen) atoms. The molecule has 1 spiro atoms. The number of likely N-dealkylation sites (tertiary alicyclic amines) is 1. The van der Waals surface area contributed by atoms with Crippen molar-refractivity contribution in [3.63, 3.8) is 0 Å². The first-order valence-corrected chi connectivity index (χ1v) is 3.41. The molecule has 4 nitrogen and oxygen atoms in total. The molecular formula is C6H11ClN2O2. The van der Waals surface area contributed by atoms with Crippen LogP contribution >= 0.6 is 12.4 Å². The summed E-state index contributed by atoms with van der Waals surface area (Å²) in [5, 5.41) is 11.6. The number of nitrogens with one attached hydrogen (secondary N) is 1. The third-order valence-electron chi connectivity index (χ3n) is 2.32. The quantitative estimate of drug-likeness (QED) is 0.549. The maximum atomic E-state index is 10.3. The molecule has 0 aromatic carbocycles. The zero-order valence-corrected chi connectivity index (χ0v) is 6.86. The molecule has 2 fully saturated rings. The third kappa shape index (κ3) is 1.16. The molecule has 2 N–H and O–H groups in total. The van der Waals surface area contributed by atoms with E-state index in [1.54, 1.807) is 0 Å². The van der Waals surface area contributed by atoms with Gasteiger partial charge in [0.15, 0.2) is 0 Å². The lowest BCUT2D eigenvalue weighted by atomic mass is 9.75. The number of hydrogen-bond acceptors (Lipinski definition) is 2. The van der Waals surface area contributed by atoms with Crippen molar-refractivity contribution in [2.45, 2.75) is 0 Å². The van der Waals surface area contributed by atoms with Gasteiger partial charge in [0.2, 0.25) is 0 Å². The van der Waals surface area contributed by atoms with Crippen LogP contribution in [0.4, 0.5) is 4.79 Å². The molecule has 64 valence electrons. The van der Waals surface area contributed by atoms with Gasteiger partial charge in [0, 0.05) is 31.6 Å². The number of halogens is 1. The molecule has 0 aromatic rings. The van der Waals surface area contributed by atoms with Crippen LogP contribution in [0, 0.1) is 5.41 Å². The summed E-state index contributed by atoms with van der Waals surface area (Å²) in [4.78, 5) is 11.8. The van der Waals surface area contributed by atoms with Crippen molar-refractivity contribution in [1.82, 2.24) is 10.2 Å². The fraction of sp³-hybridized carbons (Fsp3) is 0.833. The van der Waals surface area contributed by atoms with Gasteiger partial charge in [-0.2, -0.15) is 0 Å². The Kier molecular flexibility index (Phi) is 1.98. The Morgan fingerprint density at radius 2 is 2.00 bits per heavy atom. The molecule has 2 aliphatic rings. The second kappa shape index (κ2) is 2.53. The Hall–Kier alpha value is -0.480. The molecule has 0 atom stereocenters. The summed E-state index contributed by atoms with van der Waals surface area (Å²) in [6.45, 7) is 3.46. The van der Waals surface area contributed by atoms with Gasteiger partial charge in [-0.3, -0.25) is 0 Å². The summed E-state index contributed by atoms with van der Waals surface area (Å²) >= 11 is 0. The fourth-order valence-corrected chi connectivity index (χ4v) is 1.60. The lowest BCUT2D eigenvalue weighted by Gasteiger charge is -2.54. The van der Waals surface area contributed by atoms with Crippen LogP contribution in [0.1, 0.15) is 0 Å². The number of nitrogens with zero attached hydrogens (tertiary/aromatic N) is 1. The molecular weight excluding hydrogens is 168 g/mol. The Balaban J connectivity index is 0.000000605. The van der Waals surface area contributed by atoms with Crippen LogP contribution in [0.25, 0.3) is 0 Å². The summed E-state index contributed by atoms with van der Waals surface area (Å²) in [5.41, 5.74) is 0.332. The minimum Gasteiger partial charge on any atom is -0.465 e. The van der Waals surface area contributed by atoms with Crippen molar-refractivity contribution in [2.24, 2.45) is 5.41 Å². The van der Waals surface area contributed by atoms with E-state index in [2.05, 4.69) is 5.32 Å². The van der Waals surface area contributed by atoms with Crippen LogP contribution < -0.4 is 5.32 Å². The van der Waals surface area contributed by atoms with Crippen LogP contribution in [0.2, 0.25) is 0 Å². The van der Waals surface area contributed by atoms with E-state index >= 15 is 0 Å². The van der Waals surface area contributed by atoms with Crippen molar-refractivity contribution in [3.05, 3.63) is 0 Å². The van der Waals surface area contributed by atoms with E-state index in [9.17, 15) is 4.79 Å². The fourth-order valence-electron chi connectivity index (χ4n) is 1.60. The monoisotopic (exact) mass is 178 g/mol. The molecule has 1 amide bonds. The van der Waals surface area contributed by atoms with Gasteiger partial charge in [-0.05, 0) is 0 Å². The van der Waals surface area contributed by atoms with Crippen LogP contribution in [0.3, 0.4) is 0 Å². The lowest BCUT2D eigenvalue weighted by Crippen LogP contribution is -2.71. The predicted octanol–water partition coefficient (Wildman–Crippen LogP) is -0.00860. The van der Waals surface area contributed by atoms with Crippen molar-refractivity contribution in [3.8, 4) is 0 Å². The van der Waals surface area contributed by atoms with Crippen LogP contribution in [0.15, 0.2) is 0 Å². The molecule has 0 aliphatic carbocycles. The number of rotatable bonds is 0. The highest BCUT2D eigenvalue weighted by Gasteiger charge is 2.49. The maximum Gasteiger partial charge on any atom is 0.407 e. The van der Waals surface area contributed by atoms with E-state index < -0.39 is 6.09 Å². The first kappa shape index (κ1) is 8.62. The van der Waals surface area contributed by atoms with Gasteiger partial charge in [-0.15, -0.1) is 12.4 Å². The zero-order valence-electron chi connectivity index (χ0n) is 6.04. The third-order valence-corrected chi connectivity index (χ3v) is 2.32. The van der Waals surface area contributed by atoms with Crippen LogP contribution in [-0.4, -0.2) is 42.3 Å². The van der Waals surface area contributed by atoms with Crippen molar-refractivity contribution < 1.29 is 9.90 Å². The van der Waals surface area contributed by atoms with Gasteiger partial charge < -0.3 is 15.3 Å². The summed E-state index contributed by atoms with van der Waals surface area (Å²) < 4.78 is 0. The van der Waals surface area contributed by atoms with Gasteiger partial charge in [-0.25, -0.2) is 4.79 Å². The molecule has 0 aromatic heterocycles. The highest BCUT2D eigenvalue weighted by atomic mass is 35.5. The smallest absolute Gasteiger partial charge is 0.407 e. The van der Waals surface area contributed by atoms with Crippen LogP contribution in [-0.2, 0) is 0 Å². The summed E-state index contributed by atoms with van der Waals surface area (Å²) in [6.07, 6.45) is -0.780. The molecule has 0 radical (unpaired) electrons. The van der Waals surface area contributed by atoms with Gasteiger partial charge in [0.05, 0.1) is 0 Å². The van der Waals surface area contributed by atoms with E-state index in [1.165, 1.54) is 4.90 Å². The average molecular weight is 179 g/mol. The van der Waals surface area contributed by atoms with Gasteiger partial charge in [-0.1, -0.05) is 0 Å². The van der Waals surface area contributed by atoms with E-state index in [-0.39, 0.29) is 12.4 Å². The molecule has 2 heterocycles. The molecule has 2 aliphatic heterocycles. The van der Waals surface area contributed by atoms with Gasteiger partial charge in [0.1, 0.15) is 0 Å². The molecule has 2 rings (SSSR count). The summed E-state index contributed by atoms with van der Waals surface area (Å²) in [7, 11) is 0. The largest absolute Gasteiger partial charge is 0.465 e. The van der Waals surface area contributed by atoms with Gasteiger partial charge >= 0.3 is 6.09 Å². The topological polar surface area (TPSA) is 52.6 Å². The maximum absolute atomic E-state index is 10.3. The lowest BCUT2D eigenvalue weighted by molar-refractivity contribution is -0.0257. The van der Waals surface area contributed by atoms with Crippen molar-refractivity contribution in [1.29, 1.82) is 0 Å². The normalized spacial score (nSPS) is 24.9. The highest BCUT2D eigenvalue weighted by molar-refractivity contribution is 5.85. The number of hydrogen-bond donors (Lipinski definition) is 2. The predicted molar refractivity (Wildman–Crippen MR) is 42.1 cm³/mol. The number of carbonyl (C=O) groups is 1. The minimum absolute atomic E-state index is 0. The Bertz CT molecular complexity index is 173. The van der Waals surface area contributed by atoms with E-state index in [4.69, 9.17) is 5.11 Å². The first-order valence-electron chi connectivity index (χ1n) is 3.41. The Morgan fingerprint density at radius 3 is 2.27 bits per heavy atom. The average Bonchev–Trinajstić information content (AvgIpc) is 1.54. The zero-order chi connectivity index (χ0) is 7.19. The number of amides is 1. The Labute approximate surface area is 71.0 Å². The molecule has 5 heteroatoms. The van der Waals surface area contributed by atoms with Gasteiger partial charge in [0.25, 0.3) is 0 Å². The molecule has 0 unspecified atom stereocenters. The van der Waals surface area contributed by atoms with E-state index in [1.807, 2.05) is 0 Å². The Morgan fingerprint density at radius 1 is 1.45 bits per heavy atom. The van der Waals surface area contributed by atoms with Crippen LogP contribution in [0.5, 0.6) is 0 Å². The minimum atomic E-state index is -0.780.